The van der Waals surface area contributed by atoms with Crippen LogP contribution in [0.5, 0.6) is 0 Å². The maximum Gasteiger partial charge on any atom is 0.305 e. The molecule has 0 radical (unpaired) electrons. The van der Waals surface area contributed by atoms with Crippen molar-refractivity contribution in [2.75, 3.05) is 6.54 Å². The number of carboxylic acids is 1. The van der Waals surface area contributed by atoms with Crippen LogP contribution in [0.4, 0.5) is 0 Å². The smallest absolute Gasteiger partial charge is 0.305 e. The third kappa shape index (κ3) is 6.31. The Morgan fingerprint density at radius 2 is 1.72 bits per heavy atom. The SMILES string of the molecule is O=C(O)C[C@H](NC(=O)CNC(=O)CCC1CCCC1)c1ccc2ccccc2c1. The quantitative estimate of drug-likeness (QED) is 0.604. The van der Waals surface area contributed by atoms with Gasteiger partial charge in [0.2, 0.25) is 11.8 Å². The van der Waals surface area contributed by atoms with Crippen molar-refractivity contribution in [2.24, 2.45) is 5.92 Å². The van der Waals surface area contributed by atoms with Crippen LogP contribution in [0, 0.1) is 5.92 Å². The molecule has 29 heavy (non-hydrogen) atoms. The first-order valence-corrected chi connectivity index (χ1v) is 10.3. The predicted octanol–water partition coefficient (Wildman–Crippen LogP) is 3.56. The van der Waals surface area contributed by atoms with Crippen molar-refractivity contribution in [2.45, 2.75) is 51.0 Å². The molecule has 1 aliphatic carbocycles. The minimum Gasteiger partial charge on any atom is -0.481 e. The zero-order valence-electron chi connectivity index (χ0n) is 16.5. The van der Waals surface area contributed by atoms with Gasteiger partial charge >= 0.3 is 5.97 Å². The Kier molecular flexibility index (Phi) is 7.22. The van der Waals surface area contributed by atoms with E-state index in [1.54, 1.807) is 0 Å². The predicted molar refractivity (Wildman–Crippen MR) is 111 cm³/mol. The van der Waals surface area contributed by atoms with Crippen molar-refractivity contribution in [1.29, 1.82) is 0 Å². The van der Waals surface area contributed by atoms with Crippen LogP contribution >= 0.6 is 0 Å². The summed E-state index contributed by atoms with van der Waals surface area (Å²) in [6, 6.07) is 12.8. The van der Waals surface area contributed by atoms with Crippen molar-refractivity contribution in [3.8, 4) is 0 Å². The number of hydrogen-bond acceptors (Lipinski definition) is 3. The minimum atomic E-state index is -0.996. The maximum absolute atomic E-state index is 12.3. The molecule has 2 aromatic carbocycles. The highest BCUT2D eigenvalue weighted by Gasteiger charge is 2.20. The summed E-state index contributed by atoms with van der Waals surface area (Å²) in [5, 5.41) is 16.7. The van der Waals surface area contributed by atoms with E-state index in [9.17, 15) is 19.5 Å². The number of carbonyl (C=O) groups is 3. The van der Waals surface area contributed by atoms with Gasteiger partial charge in [-0.3, -0.25) is 14.4 Å². The van der Waals surface area contributed by atoms with Crippen molar-refractivity contribution in [1.82, 2.24) is 10.6 Å². The molecule has 0 aromatic heterocycles. The van der Waals surface area contributed by atoms with Gasteiger partial charge < -0.3 is 15.7 Å². The molecule has 0 spiro atoms. The summed E-state index contributed by atoms with van der Waals surface area (Å²) < 4.78 is 0. The number of carboxylic acid groups (broad SMARTS) is 1. The first-order chi connectivity index (χ1) is 14.0. The maximum atomic E-state index is 12.3. The number of fused-ring (bicyclic) bond motifs is 1. The van der Waals surface area contributed by atoms with E-state index in [2.05, 4.69) is 10.6 Å². The molecule has 2 aromatic rings. The van der Waals surface area contributed by atoms with Gasteiger partial charge in [-0.1, -0.05) is 62.1 Å². The Morgan fingerprint density at radius 3 is 2.45 bits per heavy atom. The highest BCUT2D eigenvalue weighted by atomic mass is 16.4. The van der Waals surface area contributed by atoms with E-state index < -0.39 is 17.9 Å². The molecule has 0 saturated heterocycles. The van der Waals surface area contributed by atoms with Gasteiger partial charge in [-0.05, 0) is 34.7 Å². The summed E-state index contributed by atoms with van der Waals surface area (Å²) in [5.41, 5.74) is 0.729. The fourth-order valence-corrected chi connectivity index (χ4v) is 4.00. The van der Waals surface area contributed by atoms with E-state index in [0.717, 1.165) is 22.8 Å². The summed E-state index contributed by atoms with van der Waals surface area (Å²) in [6.07, 6.45) is 5.95. The van der Waals surface area contributed by atoms with E-state index in [0.29, 0.717) is 12.3 Å². The minimum absolute atomic E-state index is 0.132. The molecule has 0 heterocycles. The molecule has 0 bridgehead atoms. The third-order valence-corrected chi connectivity index (χ3v) is 5.59. The van der Waals surface area contributed by atoms with Gasteiger partial charge in [-0.2, -0.15) is 0 Å². The molecule has 1 saturated carbocycles. The molecule has 3 N–H and O–H groups in total. The van der Waals surface area contributed by atoms with Gasteiger partial charge in [0.05, 0.1) is 19.0 Å². The molecule has 154 valence electrons. The summed E-state index contributed by atoms with van der Waals surface area (Å²) in [5.74, 6) is -0.891. The molecule has 0 aliphatic heterocycles. The van der Waals surface area contributed by atoms with Crippen LogP contribution in [0.3, 0.4) is 0 Å². The van der Waals surface area contributed by atoms with Crippen LogP contribution in [0.1, 0.15) is 56.6 Å². The Morgan fingerprint density at radius 1 is 1.00 bits per heavy atom. The second-order valence-corrected chi connectivity index (χ2v) is 7.79. The molecule has 3 rings (SSSR count). The van der Waals surface area contributed by atoms with Crippen LogP contribution in [-0.4, -0.2) is 29.4 Å². The topological polar surface area (TPSA) is 95.5 Å². The lowest BCUT2D eigenvalue weighted by Crippen LogP contribution is -2.39. The molecular formula is C23H28N2O4. The molecule has 1 aliphatic rings. The van der Waals surface area contributed by atoms with Gasteiger partial charge in [-0.15, -0.1) is 0 Å². The van der Waals surface area contributed by atoms with Crippen molar-refractivity contribution in [3.05, 3.63) is 48.0 Å². The fourth-order valence-electron chi connectivity index (χ4n) is 4.00. The Bertz CT molecular complexity index is 874. The number of nitrogens with one attached hydrogen (secondary N) is 2. The monoisotopic (exact) mass is 396 g/mol. The average Bonchev–Trinajstić information content (AvgIpc) is 3.23. The molecule has 0 unspecified atom stereocenters. The molecule has 6 heteroatoms. The van der Waals surface area contributed by atoms with Crippen LogP contribution in [0.2, 0.25) is 0 Å². The number of rotatable bonds is 9. The third-order valence-electron chi connectivity index (χ3n) is 5.59. The normalized spacial score (nSPS) is 15.2. The number of hydrogen-bond donors (Lipinski definition) is 3. The summed E-state index contributed by atoms with van der Waals surface area (Å²) in [7, 11) is 0. The van der Waals surface area contributed by atoms with Crippen LogP contribution in [0.15, 0.2) is 42.5 Å². The highest BCUT2D eigenvalue weighted by Crippen LogP contribution is 2.28. The first kappa shape index (κ1) is 20.8. The van der Waals surface area contributed by atoms with Crippen molar-refractivity contribution < 1.29 is 19.5 Å². The summed E-state index contributed by atoms with van der Waals surface area (Å²) >= 11 is 0. The Hall–Kier alpha value is -2.89. The zero-order chi connectivity index (χ0) is 20.6. The van der Waals surface area contributed by atoms with Crippen molar-refractivity contribution in [3.63, 3.8) is 0 Å². The molecule has 1 fully saturated rings. The largest absolute Gasteiger partial charge is 0.481 e. The number of benzene rings is 2. The molecule has 6 nitrogen and oxygen atoms in total. The van der Waals surface area contributed by atoms with Crippen LogP contribution in [0.25, 0.3) is 10.8 Å². The lowest BCUT2D eigenvalue weighted by Gasteiger charge is -2.18. The van der Waals surface area contributed by atoms with E-state index in [4.69, 9.17) is 0 Å². The molecule has 2 amide bonds. The molecular weight excluding hydrogens is 368 g/mol. The van der Waals surface area contributed by atoms with Gasteiger partial charge in [-0.25, -0.2) is 0 Å². The van der Waals surface area contributed by atoms with E-state index >= 15 is 0 Å². The second-order valence-electron chi connectivity index (χ2n) is 7.79. The van der Waals surface area contributed by atoms with Gasteiger partial charge in [0.1, 0.15) is 0 Å². The van der Waals surface area contributed by atoms with Gasteiger partial charge in [0, 0.05) is 6.42 Å². The molecule has 1 atom stereocenters. The van der Waals surface area contributed by atoms with Crippen LogP contribution in [-0.2, 0) is 14.4 Å². The standard InChI is InChI=1S/C23H28N2O4/c26-21(12-9-16-5-1-2-6-16)24-15-22(27)25-20(14-23(28)29)19-11-10-17-7-3-4-8-18(17)13-19/h3-4,7-8,10-11,13,16,20H,1-2,5-6,9,12,14-15H2,(H,24,26)(H,25,27)(H,28,29)/t20-/m0/s1. The average molecular weight is 396 g/mol. The lowest BCUT2D eigenvalue weighted by molar-refractivity contribution is -0.138. The summed E-state index contributed by atoms with van der Waals surface area (Å²) in [4.78, 5) is 35.6. The first-order valence-electron chi connectivity index (χ1n) is 10.3. The van der Waals surface area contributed by atoms with E-state index in [-0.39, 0.29) is 18.9 Å². The number of aliphatic carboxylic acids is 1. The van der Waals surface area contributed by atoms with Gasteiger partial charge in [0.25, 0.3) is 0 Å². The van der Waals surface area contributed by atoms with Crippen LogP contribution < -0.4 is 10.6 Å². The van der Waals surface area contributed by atoms with E-state index in [1.807, 2.05) is 42.5 Å². The highest BCUT2D eigenvalue weighted by molar-refractivity contribution is 5.86. The zero-order valence-corrected chi connectivity index (χ0v) is 16.5. The van der Waals surface area contributed by atoms with E-state index in [1.165, 1.54) is 25.7 Å². The lowest BCUT2D eigenvalue weighted by atomic mass is 9.99. The Balaban J connectivity index is 1.55. The number of carbonyl (C=O) groups excluding carboxylic acids is 2. The second kappa shape index (κ2) is 10.0. The van der Waals surface area contributed by atoms with Crippen molar-refractivity contribution >= 4 is 28.6 Å². The Labute approximate surface area is 170 Å². The fraction of sp³-hybridized carbons (Fsp3) is 0.435. The summed E-state index contributed by atoms with van der Waals surface area (Å²) in [6.45, 7) is -0.146. The number of amides is 2. The van der Waals surface area contributed by atoms with Gasteiger partial charge in [0.15, 0.2) is 0 Å².